The molecule has 1 amide bonds. The molecule has 5 nitrogen and oxygen atoms in total. The molecule has 28 heavy (non-hydrogen) atoms. The van der Waals surface area contributed by atoms with Gasteiger partial charge >= 0.3 is 0 Å². The molecule has 1 aromatic rings. The van der Waals surface area contributed by atoms with Crippen molar-refractivity contribution >= 4 is 5.91 Å². The number of hydrogen-bond acceptors (Lipinski definition) is 4. The molecule has 3 saturated carbocycles. The third-order valence-corrected chi connectivity index (χ3v) is 8.70. The first-order chi connectivity index (χ1) is 13.4. The second kappa shape index (κ2) is 6.20. The normalized spacial score (nSPS) is 39.6. The fourth-order valence-electron chi connectivity index (χ4n) is 7.18. The molecule has 5 heteroatoms. The van der Waals surface area contributed by atoms with Gasteiger partial charge in [-0.2, -0.15) is 0 Å². The number of aromatic hydroxyl groups is 1. The number of phenols is 1. The number of carbonyl (C=O) groups excluding carboxylic acids is 1. The zero-order chi connectivity index (χ0) is 19.7. The van der Waals surface area contributed by atoms with E-state index in [4.69, 9.17) is 5.73 Å². The Morgan fingerprint density at radius 2 is 1.96 bits per heavy atom. The van der Waals surface area contributed by atoms with Crippen LogP contribution in [-0.4, -0.2) is 32.9 Å². The summed E-state index contributed by atoms with van der Waals surface area (Å²) in [6.07, 6.45) is 8.72. The van der Waals surface area contributed by atoms with Gasteiger partial charge in [0.2, 0.25) is 0 Å². The molecule has 3 fully saturated rings. The van der Waals surface area contributed by atoms with Crippen LogP contribution in [0, 0.1) is 17.8 Å². The summed E-state index contributed by atoms with van der Waals surface area (Å²) in [5, 5.41) is 33.7. The van der Waals surface area contributed by atoms with Crippen molar-refractivity contribution < 1.29 is 20.1 Å². The minimum Gasteiger partial charge on any atom is -0.507 e. The number of aliphatic hydroxyl groups is 2. The monoisotopic (exact) mass is 385 g/mol. The first-order valence-corrected chi connectivity index (χ1v) is 10.9. The van der Waals surface area contributed by atoms with Crippen LogP contribution in [0.25, 0.3) is 0 Å². The molecule has 1 aromatic carbocycles. The van der Waals surface area contributed by atoms with Crippen LogP contribution in [0.5, 0.6) is 5.75 Å². The maximum Gasteiger partial charge on any atom is 0.252 e. The topological polar surface area (TPSA) is 104 Å². The fourth-order valence-corrected chi connectivity index (χ4v) is 7.18. The summed E-state index contributed by atoms with van der Waals surface area (Å²) in [6, 6.07) is 3.53. The van der Waals surface area contributed by atoms with E-state index in [0.29, 0.717) is 30.7 Å². The molecule has 0 aromatic heterocycles. The number of amides is 1. The molecule has 5 atom stereocenters. The van der Waals surface area contributed by atoms with Gasteiger partial charge in [0.25, 0.3) is 5.91 Å². The summed E-state index contributed by atoms with van der Waals surface area (Å²) in [6.45, 7) is 0. The van der Waals surface area contributed by atoms with Gasteiger partial charge in [0.1, 0.15) is 5.75 Å². The predicted molar refractivity (Wildman–Crippen MR) is 105 cm³/mol. The highest BCUT2D eigenvalue weighted by Crippen LogP contribution is 2.65. The first kappa shape index (κ1) is 18.4. The van der Waals surface area contributed by atoms with E-state index in [1.807, 2.05) is 6.07 Å². The molecule has 5 N–H and O–H groups in total. The van der Waals surface area contributed by atoms with Gasteiger partial charge < -0.3 is 21.1 Å². The maximum absolute atomic E-state index is 12.1. The highest BCUT2D eigenvalue weighted by molar-refractivity contribution is 5.96. The molecule has 0 aliphatic heterocycles. The number of aliphatic hydroxyl groups excluding tert-OH is 1. The van der Waals surface area contributed by atoms with Crippen molar-refractivity contribution in [1.82, 2.24) is 0 Å². The Morgan fingerprint density at radius 3 is 2.64 bits per heavy atom. The van der Waals surface area contributed by atoms with E-state index in [0.717, 1.165) is 30.7 Å². The largest absolute Gasteiger partial charge is 0.507 e. The van der Waals surface area contributed by atoms with Gasteiger partial charge in [-0.1, -0.05) is 25.3 Å². The number of fused-ring (bicyclic) bond motifs is 1. The van der Waals surface area contributed by atoms with E-state index in [1.54, 1.807) is 6.07 Å². The van der Waals surface area contributed by atoms with Crippen LogP contribution >= 0.6 is 0 Å². The lowest BCUT2D eigenvalue weighted by Gasteiger charge is -2.64. The van der Waals surface area contributed by atoms with Crippen molar-refractivity contribution in [3.05, 3.63) is 28.8 Å². The Balaban J connectivity index is 1.65. The lowest BCUT2D eigenvalue weighted by atomic mass is 9.43. The quantitative estimate of drug-likeness (QED) is 0.642. The van der Waals surface area contributed by atoms with Crippen LogP contribution in [0.3, 0.4) is 0 Å². The summed E-state index contributed by atoms with van der Waals surface area (Å²) in [5.74, 6) is 0.707. The van der Waals surface area contributed by atoms with Gasteiger partial charge in [-0.05, 0) is 74.3 Å². The second-order valence-corrected chi connectivity index (χ2v) is 9.91. The maximum atomic E-state index is 12.1. The molecule has 4 aliphatic carbocycles. The molecular weight excluding hydrogens is 354 g/mol. The number of hydrogen-bond donors (Lipinski definition) is 4. The predicted octanol–water partition coefficient (Wildman–Crippen LogP) is 2.78. The molecule has 0 spiro atoms. The SMILES string of the molecule is NC(=O)c1ccc2c(c1O)[C@]13CCC(CC4CCC4)[C@H](C2)[C@]1(O)CC[C@H](O)C3. The minimum atomic E-state index is -0.931. The van der Waals surface area contributed by atoms with Crippen LogP contribution in [-0.2, 0) is 11.8 Å². The highest BCUT2D eigenvalue weighted by Gasteiger charge is 2.65. The Morgan fingerprint density at radius 1 is 1.18 bits per heavy atom. The van der Waals surface area contributed by atoms with E-state index < -0.39 is 23.0 Å². The van der Waals surface area contributed by atoms with Gasteiger partial charge in [-0.3, -0.25) is 4.79 Å². The van der Waals surface area contributed by atoms with E-state index in [1.165, 1.54) is 25.7 Å². The third-order valence-electron chi connectivity index (χ3n) is 8.70. The second-order valence-electron chi connectivity index (χ2n) is 9.91. The van der Waals surface area contributed by atoms with Crippen LogP contribution < -0.4 is 5.73 Å². The molecule has 0 heterocycles. The zero-order valence-corrected chi connectivity index (χ0v) is 16.4. The summed E-state index contributed by atoms with van der Waals surface area (Å²) < 4.78 is 0. The fraction of sp³-hybridized carbons (Fsp3) is 0.696. The Labute approximate surface area is 165 Å². The number of primary amides is 1. The van der Waals surface area contributed by atoms with Crippen molar-refractivity contribution in [3.63, 3.8) is 0 Å². The average Bonchev–Trinajstić information content (AvgIpc) is 2.59. The van der Waals surface area contributed by atoms with E-state index >= 15 is 0 Å². The van der Waals surface area contributed by atoms with Gasteiger partial charge in [0.05, 0.1) is 17.3 Å². The summed E-state index contributed by atoms with van der Waals surface area (Å²) >= 11 is 0. The number of benzene rings is 1. The van der Waals surface area contributed by atoms with Gasteiger partial charge in [0.15, 0.2) is 0 Å². The molecule has 0 saturated heterocycles. The highest BCUT2D eigenvalue weighted by atomic mass is 16.3. The Bertz CT molecular complexity index is 819. The summed E-state index contributed by atoms with van der Waals surface area (Å²) in [4.78, 5) is 11.8. The van der Waals surface area contributed by atoms with Crippen molar-refractivity contribution in [2.45, 2.75) is 81.3 Å². The minimum absolute atomic E-state index is 0.0755. The summed E-state index contributed by atoms with van der Waals surface area (Å²) in [5.41, 5.74) is 5.69. The number of rotatable bonds is 3. The van der Waals surface area contributed by atoms with Crippen molar-refractivity contribution in [2.24, 2.45) is 23.5 Å². The smallest absolute Gasteiger partial charge is 0.252 e. The average molecular weight is 386 g/mol. The van der Waals surface area contributed by atoms with Crippen molar-refractivity contribution in [3.8, 4) is 5.75 Å². The van der Waals surface area contributed by atoms with Gasteiger partial charge in [-0.25, -0.2) is 0 Å². The molecule has 5 rings (SSSR count). The lowest BCUT2D eigenvalue weighted by molar-refractivity contribution is -0.185. The van der Waals surface area contributed by atoms with E-state index in [9.17, 15) is 20.1 Å². The number of carbonyl (C=O) groups is 1. The first-order valence-electron chi connectivity index (χ1n) is 10.9. The molecule has 1 unspecified atom stereocenters. The molecule has 152 valence electrons. The van der Waals surface area contributed by atoms with E-state index in [2.05, 4.69) is 0 Å². The van der Waals surface area contributed by atoms with Crippen molar-refractivity contribution in [1.29, 1.82) is 0 Å². The summed E-state index contributed by atoms with van der Waals surface area (Å²) in [7, 11) is 0. The van der Waals surface area contributed by atoms with Crippen LogP contribution in [0.4, 0.5) is 0 Å². The standard InChI is InChI=1S/C23H31NO4/c24-21(27)17-5-4-15-11-18-14(10-13-2-1-3-13)6-8-22(19(15)20(17)26)12-16(25)7-9-23(18,22)28/h4-5,13-14,16,18,25-26,28H,1-3,6-12H2,(H2,24,27)/t14?,16-,18-,22+,23+/m0/s1. The molecular formula is C23H31NO4. The van der Waals surface area contributed by atoms with E-state index in [-0.39, 0.29) is 17.2 Å². The van der Waals surface area contributed by atoms with Gasteiger partial charge in [-0.15, -0.1) is 0 Å². The Hall–Kier alpha value is -1.59. The van der Waals surface area contributed by atoms with Gasteiger partial charge in [0, 0.05) is 11.0 Å². The molecule has 4 aliphatic rings. The molecule has 2 bridgehead atoms. The third kappa shape index (κ3) is 2.35. The zero-order valence-electron chi connectivity index (χ0n) is 16.4. The number of nitrogens with two attached hydrogens (primary N) is 1. The van der Waals surface area contributed by atoms with Crippen LogP contribution in [0.1, 0.15) is 79.3 Å². The lowest BCUT2D eigenvalue weighted by Crippen LogP contribution is -2.67. The van der Waals surface area contributed by atoms with Crippen LogP contribution in [0.2, 0.25) is 0 Å². The van der Waals surface area contributed by atoms with Crippen LogP contribution in [0.15, 0.2) is 12.1 Å². The molecule has 0 radical (unpaired) electrons. The Kier molecular flexibility index (Phi) is 4.08. The van der Waals surface area contributed by atoms with Crippen molar-refractivity contribution in [2.75, 3.05) is 0 Å².